The fourth-order valence-electron chi connectivity index (χ4n) is 10.5. The highest BCUT2D eigenvalue weighted by atomic mass is 32.2. The summed E-state index contributed by atoms with van der Waals surface area (Å²) in [4.78, 5) is 19.6. The number of carbonyl (C=O) groups excluding carboxylic acids is 1. The molecule has 3 heterocycles. The summed E-state index contributed by atoms with van der Waals surface area (Å²) in [6.45, 7) is 5.35. The molecule has 4 aliphatic carbocycles. The second-order valence-electron chi connectivity index (χ2n) is 16.2. The maximum atomic E-state index is 16.1. The molecule has 1 unspecified atom stereocenters. The van der Waals surface area contributed by atoms with Gasteiger partial charge >= 0.3 is 6.09 Å². The summed E-state index contributed by atoms with van der Waals surface area (Å²) in [5.74, 6) is 0.747. The van der Waals surface area contributed by atoms with E-state index >= 15 is 4.39 Å². The highest BCUT2D eigenvalue weighted by Gasteiger charge is 2.65. The molecule has 1 amide bonds. The van der Waals surface area contributed by atoms with Crippen LogP contribution >= 0.6 is 0 Å². The van der Waals surface area contributed by atoms with Crippen LogP contribution in [0.4, 0.5) is 19.3 Å². The van der Waals surface area contributed by atoms with Gasteiger partial charge in [0.2, 0.25) is 0 Å². The number of halogens is 2. The van der Waals surface area contributed by atoms with E-state index in [1.54, 1.807) is 18.2 Å². The lowest BCUT2D eigenvalue weighted by atomic mass is 9.55. The molecule has 2 aromatic carbocycles. The first kappa shape index (κ1) is 33.4. The monoisotopic (exact) mass is 696 g/mol. The highest BCUT2D eigenvalue weighted by molar-refractivity contribution is 7.93. The molecule has 7 fully saturated rings. The number of methoxy groups -OCH3 is 1. The normalized spacial score (nSPS) is 31.1. The van der Waals surface area contributed by atoms with E-state index in [9.17, 15) is 17.6 Å². The van der Waals surface area contributed by atoms with Crippen molar-refractivity contribution in [1.29, 1.82) is 0 Å². The van der Waals surface area contributed by atoms with E-state index in [0.717, 1.165) is 102 Å². The number of anilines is 1. The van der Waals surface area contributed by atoms with Gasteiger partial charge < -0.3 is 19.9 Å². The Labute approximate surface area is 289 Å². The van der Waals surface area contributed by atoms with E-state index in [1.807, 2.05) is 23.1 Å². The molecule has 266 valence electrons. The van der Waals surface area contributed by atoms with E-state index in [0.29, 0.717) is 17.4 Å². The van der Waals surface area contributed by atoms with Crippen LogP contribution < -0.4 is 10.2 Å². The first-order valence-electron chi connectivity index (χ1n) is 18.4. The van der Waals surface area contributed by atoms with Gasteiger partial charge in [0, 0.05) is 30.2 Å². The topological polar surface area (TPSA) is 82.2 Å². The number of carbonyl (C=O) groups is 1. The van der Waals surface area contributed by atoms with Crippen molar-refractivity contribution in [1.82, 2.24) is 15.1 Å². The van der Waals surface area contributed by atoms with Gasteiger partial charge in [0.15, 0.2) is 15.5 Å². The Balaban J connectivity index is 0.948. The van der Waals surface area contributed by atoms with Gasteiger partial charge in [-0.2, -0.15) is 0 Å². The quantitative estimate of drug-likeness (QED) is 0.330. The van der Waals surface area contributed by atoms with Gasteiger partial charge in [-0.15, -0.1) is 0 Å². The van der Waals surface area contributed by atoms with Crippen molar-refractivity contribution in [2.24, 2.45) is 17.8 Å². The van der Waals surface area contributed by atoms with Crippen LogP contribution in [0.1, 0.15) is 63.4 Å². The largest absolute Gasteiger partial charge is 0.453 e. The Bertz CT molecular complexity index is 1640. The van der Waals surface area contributed by atoms with Gasteiger partial charge in [-0.25, -0.2) is 22.0 Å². The zero-order chi connectivity index (χ0) is 34.0. The van der Waals surface area contributed by atoms with Crippen molar-refractivity contribution in [2.75, 3.05) is 64.4 Å². The van der Waals surface area contributed by atoms with Gasteiger partial charge in [-0.05, 0) is 137 Å². The third-order valence-electron chi connectivity index (χ3n) is 13.3. The number of likely N-dealkylation sites (tertiary alicyclic amines) is 2. The summed E-state index contributed by atoms with van der Waals surface area (Å²) in [5.41, 5.74) is 0.194. The van der Waals surface area contributed by atoms with E-state index in [2.05, 4.69) is 21.2 Å². The third kappa shape index (κ3) is 5.75. The van der Waals surface area contributed by atoms with Crippen molar-refractivity contribution in [3.8, 4) is 0 Å². The average molecular weight is 697 g/mol. The minimum absolute atomic E-state index is 0.0530. The summed E-state index contributed by atoms with van der Waals surface area (Å²) < 4.78 is 61.9. The van der Waals surface area contributed by atoms with Gasteiger partial charge in [-0.1, -0.05) is 18.6 Å². The molecule has 9 rings (SSSR count). The van der Waals surface area contributed by atoms with Crippen molar-refractivity contribution in [3.63, 3.8) is 0 Å². The Morgan fingerprint density at radius 3 is 2.27 bits per heavy atom. The number of benzene rings is 2. The van der Waals surface area contributed by atoms with E-state index in [-0.39, 0.29) is 42.2 Å². The Hall–Kier alpha value is -2.76. The number of ether oxygens (including phenoxy) is 1. The lowest BCUT2D eigenvalue weighted by Gasteiger charge is -2.60. The summed E-state index contributed by atoms with van der Waals surface area (Å²) in [7, 11) is -1.91. The summed E-state index contributed by atoms with van der Waals surface area (Å²) >= 11 is 0. The standard InChI is InChI=1S/C38H50F2N4O4S/c1-48-35(45)41-34-8-3-7-33(34)38(26-42-15-4-16-42,29-5-2-6-30(39)19-29)28-13-17-43(18-14-28)23-36(40)24-44(25-36)31-9-11-32(12-10-31)49(46,47)37-20-27(21-37)22-37/h2,5-6,9-12,19,27-28,33-34H,3-4,7-8,13-18,20-26H2,1H3,(H,41,45)/t27?,33-,34-,37?,38?/m0/s1. The third-order valence-corrected chi connectivity index (χ3v) is 15.8. The minimum atomic E-state index is -3.31. The lowest BCUT2D eigenvalue weighted by Crippen LogP contribution is -2.65. The van der Waals surface area contributed by atoms with Crippen LogP contribution in [-0.4, -0.2) is 100 Å². The van der Waals surface area contributed by atoms with Crippen LogP contribution in [0.2, 0.25) is 0 Å². The summed E-state index contributed by atoms with van der Waals surface area (Å²) in [5, 5.41) is 3.15. The molecule has 0 aromatic heterocycles. The molecule has 3 atom stereocenters. The van der Waals surface area contributed by atoms with Crippen molar-refractivity contribution in [2.45, 2.75) is 84.6 Å². The molecule has 3 saturated heterocycles. The molecule has 11 heteroatoms. The van der Waals surface area contributed by atoms with E-state index < -0.39 is 26.3 Å². The number of hydrogen-bond acceptors (Lipinski definition) is 7. The van der Waals surface area contributed by atoms with Gasteiger partial charge in [-0.3, -0.25) is 4.90 Å². The first-order valence-corrected chi connectivity index (χ1v) is 19.8. The molecular formula is C38H50F2N4O4S. The Morgan fingerprint density at radius 2 is 1.67 bits per heavy atom. The first-order chi connectivity index (χ1) is 23.5. The van der Waals surface area contributed by atoms with Crippen LogP contribution in [0.25, 0.3) is 0 Å². The fourth-order valence-corrected chi connectivity index (χ4v) is 12.8. The van der Waals surface area contributed by atoms with Crippen LogP contribution in [-0.2, 0) is 20.0 Å². The number of rotatable bonds is 11. The molecular weight excluding hydrogens is 647 g/mol. The molecule has 49 heavy (non-hydrogen) atoms. The van der Waals surface area contributed by atoms with Gasteiger partial charge in [0.1, 0.15) is 5.82 Å². The van der Waals surface area contributed by atoms with Crippen LogP contribution in [0, 0.1) is 23.6 Å². The van der Waals surface area contributed by atoms with Crippen LogP contribution in [0.5, 0.6) is 0 Å². The zero-order valence-corrected chi connectivity index (χ0v) is 29.4. The number of alkyl carbamates (subject to hydrolysis) is 1. The number of nitrogens with zero attached hydrogens (tertiary/aromatic N) is 3. The summed E-state index contributed by atoms with van der Waals surface area (Å²) in [6, 6.07) is 14.1. The lowest BCUT2D eigenvalue weighted by molar-refractivity contribution is 0.00584. The molecule has 4 saturated carbocycles. The van der Waals surface area contributed by atoms with Crippen molar-refractivity contribution >= 4 is 21.6 Å². The maximum Gasteiger partial charge on any atom is 0.407 e. The smallest absolute Gasteiger partial charge is 0.407 e. The SMILES string of the molecule is COC(=O)N[C@H]1CCC[C@@H]1C(CN1CCC1)(c1cccc(F)c1)C1CCN(CC2(F)CN(c3ccc(S(=O)(=O)C45CC(C4)C5)cc3)C2)CC1. The van der Waals surface area contributed by atoms with E-state index in [4.69, 9.17) is 4.74 Å². The number of sulfone groups is 1. The maximum absolute atomic E-state index is 16.1. The van der Waals surface area contributed by atoms with Crippen LogP contribution in [0.15, 0.2) is 53.4 Å². The van der Waals surface area contributed by atoms with Gasteiger partial charge in [0.05, 0.1) is 29.8 Å². The Kier molecular flexibility index (Phi) is 8.50. The average Bonchev–Trinajstić information content (AvgIpc) is 3.46. The number of hydrogen-bond donors (Lipinski definition) is 1. The number of piperidine rings is 1. The van der Waals surface area contributed by atoms with E-state index in [1.165, 1.54) is 13.2 Å². The number of amides is 1. The fraction of sp³-hybridized carbons (Fsp3) is 0.658. The summed E-state index contributed by atoms with van der Waals surface area (Å²) in [6.07, 6.45) is 7.70. The predicted molar refractivity (Wildman–Crippen MR) is 185 cm³/mol. The second kappa shape index (κ2) is 12.5. The number of nitrogens with one attached hydrogen (secondary N) is 1. The zero-order valence-electron chi connectivity index (χ0n) is 28.6. The van der Waals surface area contributed by atoms with Crippen LogP contribution in [0.3, 0.4) is 0 Å². The molecule has 8 nitrogen and oxygen atoms in total. The van der Waals surface area contributed by atoms with Crippen molar-refractivity contribution in [3.05, 3.63) is 59.9 Å². The molecule has 7 aliphatic rings. The molecule has 1 N–H and O–H groups in total. The second-order valence-corrected chi connectivity index (χ2v) is 18.5. The highest BCUT2D eigenvalue weighted by Crippen LogP contribution is 2.63. The molecule has 3 aliphatic heterocycles. The van der Waals surface area contributed by atoms with Gasteiger partial charge in [0.25, 0.3) is 0 Å². The predicted octanol–water partition coefficient (Wildman–Crippen LogP) is 5.56. The molecule has 2 aromatic rings. The molecule has 0 spiro atoms. The molecule has 0 radical (unpaired) electrons. The molecule has 2 bridgehead atoms. The minimum Gasteiger partial charge on any atom is -0.453 e. The Morgan fingerprint density at radius 1 is 0.959 bits per heavy atom. The van der Waals surface area contributed by atoms with Crippen molar-refractivity contribution < 1.29 is 26.7 Å². The number of alkyl halides is 1.